The number of carbonyl (C=O) groups excluding carboxylic acids is 2. The summed E-state index contributed by atoms with van der Waals surface area (Å²) in [6.07, 6.45) is 0. The van der Waals surface area contributed by atoms with Crippen molar-refractivity contribution in [3.05, 3.63) is 58.1 Å². The fraction of sp³-hybridized carbons (Fsp3) is 0.176. The minimum absolute atomic E-state index is 0.167. The van der Waals surface area contributed by atoms with Crippen molar-refractivity contribution in [3.63, 3.8) is 0 Å². The quantitative estimate of drug-likeness (QED) is 0.776. The Morgan fingerprint density at radius 2 is 1.80 bits per heavy atom. The molecule has 1 saturated heterocycles. The number of benzene rings is 2. The van der Waals surface area contributed by atoms with E-state index >= 15 is 0 Å². The van der Waals surface area contributed by atoms with Crippen LogP contribution in [0.4, 0.5) is 11.4 Å². The lowest BCUT2D eigenvalue weighted by atomic mass is 10.1. The first kappa shape index (κ1) is 17.9. The van der Waals surface area contributed by atoms with Crippen LogP contribution in [0, 0.1) is 0 Å². The van der Waals surface area contributed by atoms with E-state index in [9.17, 15) is 9.59 Å². The predicted octanol–water partition coefficient (Wildman–Crippen LogP) is 3.73. The van der Waals surface area contributed by atoms with Crippen molar-refractivity contribution in [2.75, 3.05) is 22.7 Å². The van der Waals surface area contributed by atoms with E-state index in [1.54, 1.807) is 29.2 Å². The van der Waals surface area contributed by atoms with Gasteiger partial charge in [-0.3, -0.25) is 9.59 Å². The van der Waals surface area contributed by atoms with E-state index < -0.39 is 6.04 Å². The molecular formula is C17H15Cl2N3O2S. The molecule has 0 bridgehead atoms. The largest absolute Gasteiger partial charge is 0.396 e. The Labute approximate surface area is 159 Å². The highest BCUT2D eigenvalue weighted by atomic mass is 35.5. The van der Waals surface area contributed by atoms with Crippen molar-refractivity contribution in [2.24, 2.45) is 0 Å². The van der Waals surface area contributed by atoms with Gasteiger partial charge < -0.3 is 16.0 Å². The Bertz CT molecular complexity index is 794. The van der Waals surface area contributed by atoms with E-state index in [4.69, 9.17) is 28.9 Å². The highest BCUT2D eigenvalue weighted by Crippen LogP contribution is 2.32. The summed E-state index contributed by atoms with van der Waals surface area (Å²) in [6, 6.07) is 11.4. The van der Waals surface area contributed by atoms with Crippen LogP contribution in [0.25, 0.3) is 0 Å². The summed E-state index contributed by atoms with van der Waals surface area (Å²) in [5.74, 6) is 0.543. The van der Waals surface area contributed by atoms with E-state index in [1.807, 2.05) is 6.07 Å². The van der Waals surface area contributed by atoms with Gasteiger partial charge in [0, 0.05) is 17.0 Å². The summed E-state index contributed by atoms with van der Waals surface area (Å²) in [5, 5.41) is 3.29. The third-order valence-electron chi connectivity index (χ3n) is 3.81. The molecule has 0 aliphatic carbocycles. The third kappa shape index (κ3) is 3.86. The molecule has 3 rings (SSSR count). The minimum atomic E-state index is -0.562. The maximum atomic E-state index is 12.6. The van der Waals surface area contributed by atoms with Crippen molar-refractivity contribution in [3.8, 4) is 0 Å². The molecule has 2 aromatic rings. The molecular weight excluding hydrogens is 381 g/mol. The molecule has 1 aliphatic heterocycles. The van der Waals surface area contributed by atoms with E-state index in [0.717, 1.165) is 0 Å². The Morgan fingerprint density at radius 3 is 2.44 bits per heavy atom. The molecule has 1 atom stereocenters. The molecule has 130 valence electrons. The smallest absolute Gasteiger partial charge is 0.255 e. The first-order chi connectivity index (χ1) is 12.0. The number of nitrogen functional groups attached to an aromatic ring is 1. The number of halogens is 2. The summed E-state index contributed by atoms with van der Waals surface area (Å²) in [5.41, 5.74) is 6.96. The number of anilines is 2. The lowest BCUT2D eigenvalue weighted by Crippen LogP contribution is -2.44. The molecule has 1 aliphatic rings. The zero-order valence-corrected chi connectivity index (χ0v) is 15.4. The number of nitrogens with one attached hydrogen (secondary N) is 1. The molecule has 0 saturated carbocycles. The summed E-state index contributed by atoms with van der Waals surface area (Å²) in [4.78, 5) is 26.8. The second-order valence-electron chi connectivity index (χ2n) is 5.50. The second-order valence-corrected chi connectivity index (χ2v) is 7.31. The Hall–Kier alpha value is -1.89. The molecule has 2 aromatic carbocycles. The SMILES string of the molecule is Nc1c(Cl)cc(NC(=O)[C@@H]2CSCN2C(=O)c2ccccc2)cc1Cl. The normalized spacial score (nSPS) is 16.7. The van der Waals surface area contributed by atoms with Crippen molar-refractivity contribution in [2.45, 2.75) is 6.04 Å². The van der Waals surface area contributed by atoms with E-state index in [2.05, 4.69) is 5.32 Å². The van der Waals surface area contributed by atoms with Gasteiger partial charge in [-0.25, -0.2) is 0 Å². The number of hydrogen-bond acceptors (Lipinski definition) is 4. The summed E-state index contributed by atoms with van der Waals surface area (Å²) in [6.45, 7) is 0. The highest BCUT2D eigenvalue weighted by molar-refractivity contribution is 7.99. The van der Waals surface area contributed by atoms with Gasteiger partial charge >= 0.3 is 0 Å². The maximum absolute atomic E-state index is 12.6. The molecule has 8 heteroatoms. The first-order valence-corrected chi connectivity index (χ1v) is 9.37. The molecule has 5 nitrogen and oxygen atoms in total. The van der Waals surface area contributed by atoms with Crippen molar-refractivity contribution in [1.82, 2.24) is 4.90 Å². The lowest BCUT2D eigenvalue weighted by Gasteiger charge is -2.23. The molecule has 1 fully saturated rings. The average Bonchev–Trinajstić information content (AvgIpc) is 3.09. The number of rotatable bonds is 3. The van der Waals surface area contributed by atoms with Crippen LogP contribution in [0.1, 0.15) is 10.4 Å². The van der Waals surface area contributed by atoms with Crippen LogP contribution in [-0.2, 0) is 4.79 Å². The average molecular weight is 396 g/mol. The standard InChI is InChI=1S/C17H15Cl2N3O2S/c18-12-6-11(7-13(19)15(12)20)21-16(23)14-8-25-9-22(14)17(24)10-4-2-1-3-5-10/h1-7,14H,8-9,20H2,(H,21,23)/t14-/m0/s1. The van der Waals surface area contributed by atoms with Gasteiger partial charge in [0.25, 0.3) is 5.91 Å². The Morgan fingerprint density at radius 1 is 1.16 bits per heavy atom. The Balaban J connectivity index is 1.76. The van der Waals surface area contributed by atoms with E-state index in [0.29, 0.717) is 22.9 Å². The van der Waals surface area contributed by atoms with Gasteiger partial charge in [-0.1, -0.05) is 41.4 Å². The number of hydrogen-bond donors (Lipinski definition) is 2. The number of amides is 2. The maximum Gasteiger partial charge on any atom is 0.255 e. The topological polar surface area (TPSA) is 75.4 Å². The number of nitrogens with zero attached hydrogens (tertiary/aromatic N) is 1. The van der Waals surface area contributed by atoms with Gasteiger partial charge in [0.2, 0.25) is 5.91 Å². The molecule has 25 heavy (non-hydrogen) atoms. The molecule has 3 N–H and O–H groups in total. The summed E-state index contributed by atoms with van der Waals surface area (Å²) in [7, 11) is 0. The summed E-state index contributed by atoms with van der Waals surface area (Å²) >= 11 is 13.5. The molecule has 0 radical (unpaired) electrons. The van der Waals surface area contributed by atoms with Gasteiger partial charge in [-0.2, -0.15) is 0 Å². The molecule has 0 unspecified atom stereocenters. The fourth-order valence-electron chi connectivity index (χ4n) is 2.49. The summed E-state index contributed by atoms with van der Waals surface area (Å²) < 4.78 is 0. The fourth-order valence-corrected chi connectivity index (χ4v) is 4.13. The third-order valence-corrected chi connectivity index (χ3v) is 5.45. The van der Waals surface area contributed by atoms with Gasteiger partial charge in [-0.15, -0.1) is 11.8 Å². The van der Waals surface area contributed by atoms with Crippen LogP contribution in [0.3, 0.4) is 0 Å². The Kier molecular flexibility index (Phi) is 5.42. The second kappa shape index (κ2) is 7.56. The molecule has 0 spiro atoms. The predicted molar refractivity (Wildman–Crippen MR) is 103 cm³/mol. The van der Waals surface area contributed by atoms with Gasteiger partial charge in [0.05, 0.1) is 21.6 Å². The van der Waals surface area contributed by atoms with Crippen molar-refractivity contribution < 1.29 is 9.59 Å². The molecule has 0 aromatic heterocycles. The van der Waals surface area contributed by atoms with Crippen molar-refractivity contribution in [1.29, 1.82) is 0 Å². The molecule has 2 amide bonds. The van der Waals surface area contributed by atoms with Gasteiger partial charge in [0.15, 0.2) is 0 Å². The van der Waals surface area contributed by atoms with E-state index in [-0.39, 0.29) is 27.5 Å². The van der Waals surface area contributed by atoms with Crippen LogP contribution in [0.5, 0.6) is 0 Å². The monoisotopic (exact) mass is 395 g/mol. The van der Waals surface area contributed by atoms with Gasteiger partial charge in [-0.05, 0) is 24.3 Å². The zero-order chi connectivity index (χ0) is 18.0. The first-order valence-electron chi connectivity index (χ1n) is 7.46. The van der Waals surface area contributed by atoms with Crippen LogP contribution in [0.2, 0.25) is 10.0 Å². The van der Waals surface area contributed by atoms with Crippen LogP contribution in [-0.4, -0.2) is 34.4 Å². The van der Waals surface area contributed by atoms with Gasteiger partial charge in [0.1, 0.15) is 6.04 Å². The van der Waals surface area contributed by atoms with Crippen LogP contribution in [0.15, 0.2) is 42.5 Å². The lowest BCUT2D eigenvalue weighted by molar-refractivity contribution is -0.119. The van der Waals surface area contributed by atoms with E-state index in [1.165, 1.54) is 23.9 Å². The molecule has 1 heterocycles. The number of nitrogens with two attached hydrogens (primary N) is 1. The number of carbonyl (C=O) groups is 2. The van der Waals surface area contributed by atoms with Crippen molar-refractivity contribution >= 4 is 58.2 Å². The minimum Gasteiger partial charge on any atom is -0.396 e. The zero-order valence-electron chi connectivity index (χ0n) is 13.0. The number of thioether (sulfide) groups is 1. The van der Waals surface area contributed by atoms with Crippen LogP contribution >= 0.6 is 35.0 Å². The highest BCUT2D eigenvalue weighted by Gasteiger charge is 2.35. The van der Waals surface area contributed by atoms with Crippen LogP contribution < -0.4 is 11.1 Å².